The molecule has 0 radical (unpaired) electrons. The predicted octanol–water partition coefficient (Wildman–Crippen LogP) is 3.37. The number of carbonyl (C=O) groups is 1. The number of hydrogen-bond donors (Lipinski definition) is 1. The number of halogens is 3. The molecule has 2 amide bonds. The van der Waals surface area contributed by atoms with Crippen LogP contribution in [0.5, 0.6) is 0 Å². The molecule has 0 saturated carbocycles. The molecule has 1 fully saturated rings. The van der Waals surface area contributed by atoms with E-state index in [2.05, 4.69) is 10.4 Å². The molecule has 122 valence electrons. The highest BCUT2D eigenvalue weighted by Gasteiger charge is 2.30. The van der Waals surface area contributed by atoms with Crippen molar-refractivity contribution in [1.29, 1.82) is 0 Å². The summed E-state index contributed by atoms with van der Waals surface area (Å²) in [7, 11) is 0. The molecule has 1 aromatic heterocycles. The number of nitrogens with zero attached hydrogens (tertiary/aromatic N) is 3. The van der Waals surface area contributed by atoms with Crippen molar-refractivity contribution in [1.82, 2.24) is 14.7 Å². The topological polar surface area (TPSA) is 50.2 Å². The first-order valence-corrected chi connectivity index (χ1v) is 7.12. The molecule has 0 atom stereocenters. The Hall–Kier alpha value is -2.51. The minimum absolute atomic E-state index is 0.252. The number of amides is 2. The molecule has 1 N–H and O–H groups in total. The van der Waals surface area contributed by atoms with E-state index in [1.807, 2.05) is 6.92 Å². The number of benzene rings is 1. The third-order valence-corrected chi connectivity index (χ3v) is 3.61. The third-order valence-electron chi connectivity index (χ3n) is 3.61. The van der Waals surface area contributed by atoms with Gasteiger partial charge in [-0.1, -0.05) is 13.0 Å². The molecule has 3 rings (SSSR count). The van der Waals surface area contributed by atoms with Crippen LogP contribution >= 0.6 is 0 Å². The highest BCUT2D eigenvalue weighted by atomic mass is 19.4. The average Bonchev–Trinajstić information content (AvgIpc) is 2.91. The fourth-order valence-corrected chi connectivity index (χ4v) is 2.41. The quantitative estimate of drug-likeness (QED) is 0.921. The Morgan fingerprint density at radius 3 is 2.70 bits per heavy atom. The van der Waals surface area contributed by atoms with Crippen LogP contribution in [0.25, 0.3) is 5.69 Å². The van der Waals surface area contributed by atoms with E-state index in [1.165, 1.54) is 23.0 Å². The van der Waals surface area contributed by atoms with Crippen molar-refractivity contribution in [2.75, 3.05) is 18.4 Å². The van der Waals surface area contributed by atoms with Crippen LogP contribution in [0.1, 0.15) is 12.5 Å². The Kier molecular flexibility index (Phi) is 3.75. The SMILES string of the molecule is CC1CN(C(=O)Nc2ccn(-c3cccc(C(F)(F)F)c3)n2)C1. The van der Waals surface area contributed by atoms with Crippen LogP contribution in [0, 0.1) is 5.92 Å². The Bertz CT molecular complexity index is 720. The second kappa shape index (κ2) is 5.60. The van der Waals surface area contributed by atoms with Gasteiger partial charge >= 0.3 is 12.2 Å². The first-order valence-electron chi connectivity index (χ1n) is 7.12. The van der Waals surface area contributed by atoms with Gasteiger partial charge < -0.3 is 4.90 Å². The lowest BCUT2D eigenvalue weighted by atomic mass is 10.0. The van der Waals surface area contributed by atoms with E-state index in [9.17, 15) is 18.0 Å². The Morgan fingerprint density at radius 2 is 2.04 bits per heavy atom. The molecule has 2 aromatic rings. The number of urea groups is 1. The van der Waals surface area contributed by atoms with Crippen molar-refractivity contribution in [3.05, 3.63) is 42.1 Å². The lowest BCUT2D eigenvalue weighted by Gasteiger charge is -2.36. The van der Waals surface area contributed by atoms with Crippen molar-refractivity contribution in [3.63, 3.8) is 0 Å². The van der Waals surface area contributed by atoms with E-state index < -0.39 is 11.7 Å². The molecule has 1 aliphatic rings. The van der Waals surface area contributed by atoms with E-state index in [4.69, 9.17) is 0 Å². The number of carbonyl (C=O) groups excluding carboxylic acids is 1. The summed E-state index contributed by atoms with van der Waals surface area (Å²) in [5.74, 6) is 0.787. The van der Waals surface area contributed by atoms with E-state index in [-0.39, 0.29) is 11.7 Å². The Labute approximate surface area is 130 Å². The van der Waals surface area contributed by atoms with Crippen molar-refractivity contribution < 1.29 is 18.0 Å². The smallest absolute Gasteiger partial charge is 0.324 e. The number of alkyl halides is 3. The van der Waals surface area contributed by atoms with Crippen LogP contribution in [-0.2, 0) is 6.18 Å². The van der Waals surface area contributed by atoms with Crippen molar-refractivity contribution in [2.45, 2.75) is 13.1 Å². The Morgan fingerprint density at radius 1 is 1.30 bits per heavy atom. The highest BCUT2D eigenvalue weighted by molar-refractivity contribution is 5.88. The summed E-state index contributed by atoms with van der Waals surface area (Å²) in [6.07, 6.45) is -2.90. The zero-order valence-electron chi connectivity index (χ0n) is 12.3. The summed E-state index contributed by atoms with van der Waals surface area (Å²) in [6, 6.07) is 6.14. The summed E-state index contributed by atoms with van der Waals surface area (Å²) < 4.78 is 39.5. The zero-order valence-corrected chi connectivity index (χ0v) is 12.3. The number of aromatic nitrogens is 2. The van der Waals surface area contributed by atoms with Crippen LogP contribution < -0.4 is 5.32 Å². The maximum atomic E-state index is 12.7. The van der Waals surface area contributed by atoms with E-state index in [0.717, 1.165) is 12.1 Å². The first-order chi connectivity index (χ1) is 10.8. The van der Waals surface area contributed by atoms with Crippen LogP contribution in [0.3, 0.4) is 0 Å². The molecule has 0 aliphatic carbocycles. The molecule has 0 spiro atoms. The number of hydrogen-bond acceptors (Lipinski definition) is 2. The van der Waals surface area contributed by atoms with Gasteiger partial charge in [-0.2, -0.15) is 13.2 Å². The molecule has 23 heavy (non-hydrogen) atoms. The molecule has 1 aromatic carbocycles. The van der Waals surface area contributed by atoms with Gasteiger partial charge in [0.2, 0.25) is 0 Å². The molecule has 0 unspecified atom stereocenters. The van der Waals surface area contributed by atoms with Gasteiger partial charge in [0, 0.05) is 25.4 Å². The minimum atomic E-state index is -4.41. The number of anilines is 1. The number of rotatable bonds is 2. The lowest BCUT2D eigenvalue weighted by Crippen LogP contribution is -2.50. The summed E-state index contributed by atoms with van der Waals surface area (Å²) in [5.41, 5.74) is -0.469. The predicted molar refractivity (Wildman–Crippen MR) is 78.3 cm³/mol. The third kappa shape index (κ3) is 3.30. The molecule has 2 heterocycles. The van der Waals surface area contributed by atoms with Gasteiger partial charge in [0.05, 0.1) is 11.3 Å². The van der Waals surface area contributed by atoms with Crippen molar-refractivity contribution >= 4 is 11.8 Å². The van der Waals surface area contributed by atoms with E-state index >= 15 is 0 Å². The normalized spacial score (nSPS) is 15.4. The molecule has 1 saturated heterocycles. The fraction of sp³-hybridized carbons (Fsp3) is 0.333. The van der Waals surface area contributed by atoms with Crippen LogP contribution in [0.4, 0.5) is 23.8 Å². The van der Waals surface area contributed by atoms with Gasteiger partial charge in [0.15, 0.2) is 5.82 Å². The first kappa shape index (κ1) is 15.4. The largest absolute Gasteiger partial charge is 0.416 e. The number of nitrogens with one attached hydrogen (secondary N) is 1. The van der Waals surface area contributed by atoms with Gasteiger partial charge in [-0.25, -0.2) is 9.48 Å². The van der Waals surface area contributed by atoms with E-state index in [0.29, 0.717) is 24.8 Å². The maximum Gasteiger partial charge on any atom is 0.416 e. The van der Waals surface area contributed by atoms with Crippen molar-refractivity contribution in [3.8, 4) is 5.69 Å². The molecular formula is C15H15F3N4O. The van der Waals surface area contributed by atoms with Gasteiger partial charge in [-0.15, -0.1) is 5.10 Å². The standard InChI is InChI=1S/C15H15F3N4O/c1-10-8-21(9-10)14(23)19-13-5-6-22(20-13)12-4-2-3-11(7-12)15(16,17)18/h2-7,10H,8-9H2,1H3,(H,19,20,23). The van der Waals surface area contributed by atoms with Gasteiger partial charge in [-0.05, 0) is 24.1 Å². The second-order valence-corrected chi connectivity index (χ2v) is 5.63. The minimum Gasteiger partial charge on any atom is -0.324 e. The van der Waals surface area contributed by atoms with Crippen LogP contribution in [0.15, 0.2) is 36.5 Å². The summed E-state index contributed by atoms with van der Waals surface area (Å²) >= 11 is 0. The van der Waals surface area contributed by atoms with Crippen LogP contribution in [0.2, 0.25) is 0 Å². The second-order valence-electron chi connectivity index (χ2n) is 5.63. The maximum absolute atomic E-state index is 12.7. The van der Waals surface area contributed by atoms with Gasteiger partial charge in [0.1, 0.15) is 0 Å². The summed E-state index contributed by atoms with van der Waals surface area (Å²) in [5, 5.41) is 6.73. The molecule has 5 nitrogen and oxygen atoms in total. The van der Waals surface area contributed by atoms with Gasteiger partial charge in [0.25, 0.3) is 0 Å². The zero-order chi connectivity index (χ0) is 16.6. The summed E-state index contributed by atoms with van der Waals surface area (Å²) in [4.78, 5) is 13.5. The van der Waals surface area contributed by atoms with Crippen molar-refractivity contribution in [2.24, 2.45) is 5.92 Å². The molecule has 8 heteroatoms. The van der Waals surface area contributed by atoms with Gasteiger partial charge in [-0.3, -0.25) is 5.32 Å². The lowest BCUT2D eigenvalue weighted by molar-refractivity contribution is -0.137. The highest BCUT2D eigenvalue weighted by Crippen LogP contribution is 2.30. The van der Waals surface area contributed by atoms with E-state index in [1.54, 1.807) is 11.0 Å². The monoisotopic (exact) mass is 324 g/mol. The van der Waals surface area contributed by atoms with Crippen LogP contribution in [-0.4, -0.2) is 33.8 Å². The fourth-order valence-electron chi connectivity index (χ4n) is 2.41. The molecule has 1 aliphatic heterocycles. The molecule has 0 bridgehead atoms. The molecular weight excluding hydrogens is 309 g/mol. The average molecular weight is 324 g/mol. The number of likely N-dealkylation sites (tertiary alicyclic amines) is 1. The Balaban J connectivity index is 1.73. The summed E-state index contributed by atoms with van der Waals surface area (Å²) in [6.45, 7) is 3.44.